The van der Waals surface area contributed by atoms with Gasteiger partial charge >= 0.3 is 0 Å². The zero-order chi connectivity index (χ0) is 27.9. The maximum atomic E-state index is 12.3. The number of ketones is 1. The summed E-state index contributed by atoms with van der Waals surface area (Å²) >= 11 is 0. The first-order valence-electron chi connectivity index (χ1n) is 17.0. The first kappa shape index (κ1) is 28.7. The minimum atomic E-state index is -0.191. The number of carbonyl (C=O) groups excluding carboxylic acids is 1. The second-order valence-corrected chi connectivity index (χ2v) is 15.2. The third-order valence-corrected chi connectivity index (χ3v) is 12.8. The Morgan fingerprint density at radius 1 is 1.05 bits per heavy atom. The summed E-state index contributed by atoms with van der Waals surface area (Å²) in [7, 11) is 0. The van der Waals surface area contributed by atoms with Crippen LogP contribution in [0.2, 0.25) is 0 Å². The number of aliphatic hydroxyl groups excluding tert-OH is 1. The molecule has 6 rings (SSSR count). The van der Waals surface area contributed by atoms with Crippen molar-refractivity contribution < 1.29 is 14.6 Å². The highest BCUT2D eigenvalue weighted by molar-refractivity contribution is 5.79. The van der Waals surface area contributed by atoms with Gasteiger partial charge in [-0.3, -0.25) is 9.69 Å². The van der Waals surface area contributed by atoms with Crippen LogP contribution in [0.4, 0.5) is 0 Å². The number of carbonyl (C=O) groups is 1. The smallest absolute Gasteiger partial charge is 0.133 e. The van der Waals surface area contributed by atoms with Gasteiger partial charge in [0.15, 0.2) is 0 Å². The van der Waals surface area contributed by atoms with Gasteiger partial charge in [0.1, 0.15) is 11.5 Å². The van der Waals surface area contributed by atoms with Gasteiger partial charge in [0.25, 0.3) is 0 Å². The van der Waals surface area contributed by atoms with Gasteiger partial charge in [0.05, 0.1) is 12.7 Å². The van der Waals surface area contributed by atoms with Gasteiger partial charge < -0.3 is 9.84 Å². The lowest BCUT2D eigenvalue weighted by molar-refractivity contribution is -0.145. The molecule has 5 unspecified atom stereocenters. The van der Waals surface area contributed by atoms with Crippen molar-refractivity contribution in [2.75, 3.05) is 19.7 Å². The zero-order valence-electron chi connectivity index (χ0n) is 25.6. The number of benzene rings is 1. The van der Waals surface area contributed by atoms with Crippen molar-refractivity contribution in [1.82, 2.24) is 4.90 Å². The average Bonchev–Trinajstić information content (AvgIpc) is 3.29. The highest BCUT2D eigenvalue weighted by Gasteiger charge is 2.61. The molecular formula is C36H55NO3. The van der Waals surface area contributed by atoms with Gasteiger partial charge in [-0.25, -0.2) is 0 Å². The van der Waals surface area contributed by atoms with Crippen LogP contribution in [-0.4, -0.2) is 41.6 Å². The van der Waals surface area contributed by atoms with Crippen LogP contribution in [0.3, 0.4) is 0 Å². The predicted molar refractivity (Wildman–Crippen MR) is 161 cm³/mol. The van der Waals surface area contributed by atoms with Gasteiger partial charge in [-0.05, 0) is 136 Å². The SMILES string of the molecule is CC(C)CCN1CCCCC1c1cccc(OCC[C@]23CCC4C(CCC5CC(=O)CC[C@@]54C)C2CC[C@@H]3O)c1. The third kappa shape index (κ3) is 5.30. The van der Waals surface area contributed by atoms with Gasteiger partial charge in [0.2, 0.25) is 0 Å². The van der Waals surface area contributed by atoms with Crippen molar-refractivity contribution in [1.29, 1.82) is 0 Å². The van der Waals surface area contributed by atoms with Crippen molar-refractivity contribution >= 4 is 5.78 Å². The van der Waals surface area contributed by atoms with E-state index in [4.69, 9.17) is 4.74 Å². The quantitative estimate of drug-likeness (QED) is 0.357. The topological polar surface area (TPSA) is 49.8 Å². The highest BCUT2D eigenvalue weighted by Crippen LogP contribution is 2.66. The number of Topliss-reactive ketones (excluding diaryl/α,β-unsaturated/α-hetero) is 1. The summed E-state index contributed by atoms with van der Waals surface area (Å²) in [6, 6.07) is 9.44. The fourth-order valence-electron chi connectivity index (χ4n) is 10.5. The van der Waals surface area contributed by atoms with Crippen molar-refractivity contribution in [2.45, 2.75) is 123 Å². The summed E-state index contributed by atoms with van der Waals surface area (Å²) in [4.78, 5) is 15.0. The first-order valence-corrected chi connectivity index (χ1v) is 17.0. The van der Waals surface area contributed by atoms with E-state index < -0.39 is 0 Å². The molecule has 5 fully saturated rings. The average molecular weight is 550 g/mol. The summed E-state index contributed by atoms with van der Waals surface area (Å²) < 4.78 is 6.51. The fraction of sp³-hybridized carbons (Fsp3) is 0.806. The molecule has 0 spiro atoms. The van der Waals surface area contributed by atoms with E-state index in [0.29, 0.717) is 41.6 Å². The van der Waals surface area contributed by atoms with Gasteiger partial charge in [-0.15, -0.1) is 0 Å². The Bertz CT molecular complexity index is 1040. The molecule has 0 aromatic heterocycles. The Morgan fingerprint density at radius 2 is 1.93 bits per heavy atom. The van der Waals surface area contributed by atoms with E-state index in [-0.39, 0.29) is 11.5 Å². The second kappa shape index (κ2) is 11.7. The molecule has 1 N–H and O–H groups in total. The number of piperidine rings is 1. The van der Waals surface area contributed by atoms with Crippen LogP contribution in [-0.2, 0) is 4.79 Å². The predicted octanol–water partition coefficient (Wildman–Crippen LogP) is 7.98. The van der Waals surface area contributed by atoms with Gasteiger partial charge in [-0.2, -0.15) is 0 Å². The molecule has 1 saturated heterocycles. The number of hydrogen-bond donors (Lipinski definition) is 1. The zero-order valence-corrected chi connectivity index (χ0v) is 25.6. The largest absolute Gasteiger partial charge is 0.494 e. The fourth-order valence-corrected chi connectivity index (χ4v) is 10.5. The molecule has 0 amide bonds. The Hall–Kier alpha value is -1.39. The number of hydrogen-bond acceptors (Lipinski definition) is 4. The number of likely N-dealkylation sites (tertiary alicyclic amines) is 1. The lowest BCUT2D eigenvalue weighted by Crippen LogP contribution is -2.55. The lowest BCUT2D eigenvalue weighted by atomic mass is 9.44. The van der Waals surface area contributed by atoms with Crippen molar-refractivity contribution in [3.05, 3.63) is 29.8 Å². The molecule has 1 aliphatic heterocycles. The maximum absolute atomic E-state index is 12.3. The van der Waals surface area contributed by atoms with Gasteiger partial charge in [0, 0.05) is 24.3 Å². The monoisotopic (exact) mass is 549 g/mol. The Morgan fingerprint density at radius 3 is 2.77 bits per heavy atom. The molecule has 0 bridgehead atoms. The second-order valence-electron chi connectivity index (χ2n) is 15.2. The van der Waals surface area contributed by atoms with E-state index in [1.165, 1.54) is 70.0 Å². The van der Waals surface area contributed by atoms with Crippen molar-refractivity contribution in [2.24, 2.45) is 40.4 Å². The molecule has 1 aromatic rings. The summed E-state index contributed by atoms with van der Waals surface area (Å²) in [5.41, 5.74) is 1.76. The Labute approximate surface area is 243 Å². The molecule has 4 nitrogen and oxygen atoms in total. The number of rotatable bonds is 8. The molecule has 1 aromatic carbocycles. The summed E-state index contributed by atoms with van der Waals surface area (Å²) in [6.45, 7) is 10.3. The molecule has 0 radical (unpaired) electrons. The minimum Gasteiger partial charge on any atom is -0.494 e. The number of nitrogens with zero attached hydrogens (tertiary/aromatic N) is 1. The van der Waals surface area contributed by atoms with E-state index >= 15 is 0 Å². The molecular weight excluding hydrogens is 494 g/mol. The number of fused-ring (bicyclic) bond motifs is 5. The third-order valence-electron chi connectivity index (χ3n) is 12.8. The van der Waals surface area contributed by atoms with E-state index in [0.717, 1.165) is 56.1 Å². The Balaban J connectivity index is 1.11. The van der Waals surface area contributed by atoms with E-state index in [2.05, 4.69) is 49.9 Å². The van der Waals surface area contributed by atoms with Crippen LogP contribution >= 0.6 is 0 Å². The van der Waals surface area contributed by atoms with Crippen LogP contribution in [0.25, 0.3) is 0 Å². The lowest BCUT2D eigenvalue weighted by Gasteiger charge is -2.60. The minimum absolute atomic E-state index is 0.0173. The number of aliphatic hydroxyl groups is 1. The standard InChI is InChI=1S/C36H55NO3/c1-25(2)16-21-37-20-5-4-9-33(37)26-7-6-8-29(23-26)40-22-19-36-18-15-31-30(32(36)12-13-34(36)39)11-10-27-24-28(38)14-17-35(27,31)3/h6-8,23,25,27,30-34,39H,4-5,9-22,24H2,1-3H3/t27?,30?,31?,32?,33?,34-,35-,36+/m0/s1. The highest BCUT2D eigenvalue weighted by atomic mass is 16.5. The first-order chi connectivity index (χ1) is 19.3. The van der Waals surface area contributed by atoms with Crippen molar-refractivity contribution in [3.63, 3.8) is 0 Å². The molecule has 8 atom stereocenters. The number of ether oxygens (including phenoxy) is 1. The summed E-state index contributed by atoms with van der Waals surface area (Å²) in [6.07, 6.45) is 15.6. The normalized spacial score (nSPS) is 40.0. The molecule has 222 valence electrons. The van der Waals surface area contributed by atoms with Crippen LogP contribution in [0, 0.1) is 40.4 Å². The molecule has 40 heavy (non-hydrogen) atoms. The van der Waals surface area contributed by atoms with Crippen molar-refractivity contribution in [3.8, 4) is 5.75 Å². The molecule has 1 heterocycles. The summed E-state index contributed by atoms with van der Waals surface area (Å²) in [5, 5.41) is 11.4. The van der Waals surface area contributed by atoms with Crippen LogP contribution in [0.15, 0.2) is 24.3 Å². The van der Waals surface area contributed by atoms with Crippen LogP contribution < -0.4 is 4.74 Å². The van der Waals surface area contributed by atoms with E-state index in [1.54, 1.807) is 0 Å². The maximum Gasteiger partial charge on any atom is 0.133 e. The molecule has 4 saturated carbocycles. The molecule has 4 aliphatic carbocycles. The van der Waals surface area contributed by atoms with E-state index in [1.807, 2.05) is 0 Å². The van der Waals surface area contributed by atoms with Gasteiger partial charge in [-0.1, -0.05) is 39.3 Å². The molecule has 4 heteroatoms. The Kier molecular flexibility index (Phi) is 8.41. The van der Waals surface area contributed by atoms with Crippen LogP contribution in [0.1, 0.15) is 122 Å². The summed E-state index contributed by atoms with van der Waals surface area (Å²) in [5.74, 6) is 4.89. The van der Waals surface area contributed by atoms with Crippen LogP contribution in [0.5, 0.6) is 5.75 Å². The molecule has 5 aliphatic rings. The van der Waals surface area contributed by atoms with E-state index in [9.17, 15) is 9.90 Å².